The van der Waals surface area contributed by atoms with Crippen molar-refractivity contribution >= 4 is 11.8 Å². The zero-order chi connectivity index (χ0) is 16.8. The number of carbonyl (C=O) groups is 2. The Morgan fingerprint density at radius 2 is 1.88 bits per heavy atom. The molecule has 2 fully saturated rings. The Hall–Kier alpha value is -1.88. The average molecular weight is 330 g/mol. The van der Waals surface area contributed by atoms with E-state index in [2.05, 4.69) is 29.6 Å². The van der Waals surface area contributed by atoms with Crippen LogP contribution >= 0.6 is 0 Å². The third-order valence-corrected chi connectivity index (χ3v) is 5.05. The van der Waals surface area contributed by atoms with Gasteiger partial charge in [0.05, 0.1) is 19.1 Å². The Morgan fingerprint density at radius 1 is 1.12 bits per heavy atom. The van der Waals surface area contributed by atoms with Gasteiger partial charge in [0.1, 0.15) is 0 Å². The second-order valence-corrected chi connectivity index (χ2v) is 6.79. The fourth-order valence-corrected chi connectivity index (χ4v) is 3.49. The van der Waals surface area contributed by atoms with Crippen LogP contribution in [0.15, 0.2) is 30.3 Å². The first-order chi connectivity index (χ1) is 11.7. The summed E-state index contributed by atoms with van der Waals surface area (Å²) in [4.78, 5) is 26.1. The monoisotopic (exact) mass is 330 g/mol. The molecule has 5 heteroatoms. The standard InChI is InChI=1S/C19H26N2O3/c22-18(13-20-19(23)17-8-11-24-14-17)21-9-6-16(7-10-21)12-15-4-2-1-3-5-15/h1-5,16-17H,6-14H2,(H,20,23). The molecule has 0 saturated carbocycles. The Labute approximate surface area is 143 Å². The van der Waals surface area contributed by atoms with Gasteiger partial charge in [-0.15, -0.1) is 0 Å². The van der Waals surface area contributed by atoms with Gasteiger partial charge >= 0.3 is 0 Å². The van der Waals surface area contributed by atoms with Gasteiger partial charge in [0, 0.05) is 19.7 Å². The lowest BCUT2D eigenvalue weighted by atomic mass is 9.90. The van der Waals surface area contributed by atoms with Crippen molar-refractivity contribution in [3.8, 4) is 0 Å². The number of amides is 2. The third kappa shape index (κ3) is 4.57. The van der Waals surface area contributed by atoms with Crippen LogP contribution in [0.3, 0.4) is 0 Å². The molecule has 1 aromatic rings. The van der Waals surface area contributed by atoms with E-state index >= 15 is 0 Å². The highest BCUT2D eigenvalue weighted by molar-refractivity contribution is 5.86. The maximum atomic E-state index is 12.3. The van der Waals surface area contributed by atoms with Crippen LogP contribution in [0.4, 0.5) is 0 Å². The minimum Gasteiger partial charge on any atom is -0.381 e. The van der Waals surface area contributed by atoms with Gasteiger partial charge in [-0.25, -0.2) is 0 Å². The second kappa shape index (κ2) is 8.29. The van der Waals surface area contributed by atoms with Gasteiger partial charge in [-0.3, -0.25) is 9.59 Å². The summed E-state index contributed by atoms with van der Waals surface area (Å²) in [6.45, 7) is 2.81. The van der Waals surface area contributed by atoms with Crippen LogP contribution in [0.5, 0.6) is 0 Å². The number of rotatable bonds is 5. The highest BCUT2D eigenvalue weighted by Crippen LogP contribution is 2.21. The Bertz CT molecular complexity index is 547. The van der Waals surface area contributed by atoms with Gasteiger partial charge in [0.2, 0.25) is 11.8 Å². The molecule has 0 radical (unpaired) electrons. The van der Waals surface area contributed by atoms with Crippen LogP contribution in [-0.2, 0) is 20.7 Å². The Balaban J connectivity index is 1.38. The fraction of sp³-hybridized carbons (Fsp3) is 0.579. The van der Waals surface area contributed by atoms with Crippen molar-refractivity contribution in [3.63, 3.8) is 0 Å². The van der Waals surface area contributed by atoms with Crippen LogP contribution in [0, 0.1) is 11.8 Å². The molecule has 0 aliphatic carbocycles. The fourth-order valence-electron chi connectivity index (χ4n) is 3.49. The van der Waals surface area contributed by atoms with E-state index in [1.165, 1.54) is 5.56 Å². The molecule has 1 N–H and O–H groups in total. The van der Waals surface area contributed by atoms with Gasteiger partial charge in [-0.05, 0) is 37.2 Å². The molecule has 0 spiro atoms. The Morgan fingerprint density at radius 3 is 2.54 bits per heavy atom. The molecule has 1 atom stereocenters. The van der Waals surface area contributed by atoms with E-state index in [0.717, 1.165) is 38.8 Å². The molecule has 2 amide bonds. The summed E-state index contributed by atoms with van der Waals surface area (Å²) in [6, 6.07) is 10.5. The number of hydrogen-bond donors (Lipinski definition) is 1. The largest absolute Gasteiger partial charge is 0.381 e. The molecule has 0 aromatic heterocycles. The number of hydrogen-bond acceptors (Lipinski definition) is 3. The molecule has 2 aliphatic rings. The zero-order valence-corrected chi connectivity index (χ0v) is 14.1. The lowest BCUT2D eigenvalue weighted by Crippen LogP contribution is -2.45. The first kappa shape index (κ1) is 17.0. The summed E-state index contributed by atoms with van der Waals surface area (Å²) in [5, 5.41) is 2.76. The minimum atomic E-state index is -0.0885. The topological polar surface area (TPSA) is 58.6 Å². The van der Waals surface area contributed by atoms with Crippen molar-refractivity contribution in [1.29, 1.82) is 0 Å². The molecule has 24 heavy (non-hydrogen) atoms. The molecule has 1 aromatic carbocycles. The van der Waals surface area contributed by atoms with Crippen LogP contribution in [0.1, 0.15) is 24.8 Å². The van der Waals surface area contributed by atoms with Crippen molar-refractivity contribution in [3.05, 3.63) is 35.9 Å². The summed E-state index contributed by atoms with van der Waals surface area (Å²) in [6.07, 6.45) is 3.91. The van der Waals surface area contributed by atoms with E-state index in [-0.39, 0.29) is 24.3 Å². The lowest BCUT2D eigenvalue weighted by Gasteiger charge is -2.32. The summed E-state index contributed by atoms with van der Waals surface area (Å²) < 4.78 is 5.21. The molecular weight excluding hydrogens is 304 g/mol. The van der Waals surface area contributed by atoms with E-state index in [9.17, 15) is 9.59 Å². The molecule has 130 valence electrons. The first-order valence-corrected chi connectivity index (χ1v) is 8.89. The summed E-state index contributed by atoms with van der Waals surface area (Å²) in [5.74, 6) is 0.524. The van der Waals surface area contributed by atoms with Gasteiger partial charge in [-0.1, -0.05) is 30.3 Å². The van der Waals surface area contributed by atoms with Crippen molar-refractivity contribution < 1.29 is 14.3 Å². The lowest BCUT2D eigenvalue weighted by molar-refractivity contribution is -0.134. The highest BCUT2D eigenvalue weighted by Gasteiger charge is 2.26. The van der Waals surface area contributed by atoms with Gasteiger partial charge in [0.15, 0.2) is 0 Å². The molecule has 3 rings (SSSR count). The van der Waals surface area contributed by atoms with Crippen molar-refractivity contribution in [2.45, 2.75) is 25.7 Å². The molecule has 2 heterocycles. The van der Waals surface area contributed by atoms with E-state index in [4.69, 9.17) is 4.74 Å². The molecule has 2 aliphatic heterocycles. The normalized spacial score (nSPS) is 21.7. The van der Waals surface area contributed by atoms with Crippen molar-refractivity contribution in [2.75, 3.05) is 32.8 Å². The van der Waals surface area contributed by atoms with Gasteiger partial charge < -0.3 is 15.0 Å². The predicted octanol–water partition coefficient (Wildman–Crippen LogP) is 1.62. The highest BCUT2D eigenvalue weighted by atomic mass is 16.5. The molecule has 5 nitrogen and oxygen atoms in total. The SMILES string of the molecule is O=C(NCC(=O)N1CCC(Cc2ccccc2)CC1)C1CCOC1. The van der Waals surface area contributed by atoms with Crippen LogP contribution in [-0.4, -0.2) is 49.6 Å². The average Bonchev–Trinajstić information content (AvgIpc) is 3.16. The predicted molar refractivity (Wildman–Crippen MR) is 91.4 cm³/mol. The number of benzene rings is 1. The van der Waals surface area contributed by atoms with E-state index in [0.29, 0.717) is 19.1 Å². The summed E-state index contributed by atoms with van der Waals surface area (Å²) >= 11 is 0. The summed E-state index contributed by atoms with van der Waals surface area (Å²) in [5.41, 5.74) is 1.37. The molecule has 1 unspecified atom stereocenters. The number of ether oxygens (including phenoxy) is 1. The smallest absolute Gasteiger partial charge is 0.241 e. The number of nitrogens with one attached hydrogen (secondary N) is 1. The number of nitrogens with zero attached hydrogens (tertiary/aromatic N) is 1. The first-order valence-electron chi connectivity index (χ1n) is 8.89. The molecule has 2 saturated heterocycles. The van der Waals surface area contributed by atoms with E-state index in [1.54, 1.807) is 0 Å². The number of likely N-dealkylation sites (tertiary alicyclic amines) is 1. The van der Waals surface area contributed by atoms with Crippen LogP contribution in [0.25, 0.3) is 0 Å². The van der Waals surface area contributed by atoms with Crippen molar-refractivity contribution in [1.82, 2.24) is 10.2 Å². The summed E-state index contributed by atoms with van der Waals surface area (Å²) in [7, 11) is 0. The van der Waals surface area contributed by atoms with Crippen LogP contribution < -0.4 is 5.32 Å². The maximum absolute atomic E-state index is 12.3. The van der Waals surface area contributed by atoms with Crippen LogP contribution in [0.2, 0.25) is 0 Å². The third-order valence-electron chi connectivity index (χ3n) is 5.05. The van der Waals surface area contributed by atoms with Crippen molar-refractivity contribution in [2.24, 2.45) is 11.8 Å². The molecule has 0 bridgehead atoms. The minimum absolute atomic E-state index is 0.0282. The Kier molecular flexibility index (Phi) is 5.86. The van der Waals surface area contributed by atoms with Gasteiger partial charge in [0.25, 0.3) is 0 Å². The molecular formula is C19H26N2O3. The number of carbonyl (C=O) groups excluding carboxylic acids is 2. The van der Waals surface area contributed by atoms with E-state index < -0.39 is 0 Å². The number of piperidine rings is 1. The zero-order valence-electron chi connectivity index (χ0n) is 14.1. The second-order valence-electron chi connectivity index (χ2n) is 6.79. The van der Waals surface area contributed by atoms with E-state index in [1.807, 2.05) is 11.0 Å². The maximum Gasteiger partial charge on any atom is 0.241 e. The quantitative estimate of drug-likeness (QED) is 0.892. The van der Waals surface area contributed by atoms with Gasteiger partial charge in [-0.2, -0.15) is 0 Å².